The Labute approximate surface area is 280 Å². The maximum absolute atomic E-state index is 12.1. The Morgan fingerprint density at radius 2 is 1.20 bits per heavy atom. The highest BCUT2D eigenvalue weighted by Gasteiger charge is 2.39. The lowest BCUT2D eigenvalue weighted by Gasteiger charge is -2.21. The fourth-order valence-corrected chi connectivity index (χ4v) is 6.37. The summed E-state index contributed by atoms with van der Waals surface area (Å²) >= 11 is 0. The van der Waals surface area contributed by atoms with Crippen molar-refractivity contribution in [2.75, 3.05) is 13.2 Å². The van der Waals surface area contributed by atoms with Crippen LogP contribution < -0.4 is 0 Å². The summed E-state index contributed by atoms with van der Waals surface area (Å²) in [6.07, 6.45) is 22.0. The topological polar surface area (TPSA) is 134 Å². The van der Waals surface area contributed by atoms with Crippen LogP contribution >= 0.6 is 0 Å². The predicted octanol–water partition coefficient (Wildman–Crippen LogP) is 7.58. The summed E-state index contributed by atoms with van der Waals surface area (Å²) < 4.78 is 10.3. The van der Waals surface area contributed by atoms with Gasteiger partial charge in [0.2, 0.25) is 0 Å². The van der Waals surface area contributed by atoms with E-state index in [4.69, 9.17) is 9.47 Å². The summed E-state index contributed by atoms with van der Waals surface area (Å²) in [5.41, 5.74) is 0. The van der Waals surface area contributed by atoms with Gasteiger partial charge in [-0.05, 0) is 37.5 Å². The maximum atomic E-state index is 12.1. The van der Waals surface area contributed by atoms with Gasteiger partial charge in [-0.1, -0.05) is 129 Å². The monoisotopic (exact) mass is 655 g/mol. The van der Waals surface area contributed by atoms with Crippen molar-refractivity contribution < 1.29 is 39.5 Å². The van der Waals surface area contributed by atoms with E-state index < -0.39 is 24.4 Å². The number of carbonyl (C=O) groups is 2. The molecule has 0 amide bonds. The Bertz CT molecular complexity index is 785. The molecule has 1 aliphatic rings. The van der Waals surface area contributed by atoms with E-state index in [9.17, 15) is 30.0 Å². The van der Waals surface area contributed by atoms with Crippen LogP contribution in [0.1, 0.15) is 162 Å². The third-order valence-corrected chi connectivity index (χ3v) is 9.28. The van der Waals surface area contributed by atoms with E-state index in [1.54, 1.807) is 6.08 Å². The number of ether oxygens (including phenoxy) is 2. The molecule has 0 spiro atoms. The summed E-state index contributed by atoms with van der Waals surface area (Å²) in [6, 6.07) is 0. The molecule has 270 valence electrons. The number of aliphatic hydroxyl groups is 4. The van der Waals surface area contributed by atoms with Crippen molar-refractivity contribution in [1.82, 2.24) is 0 Å². The molecule has 0 bridgehead atoms. The minimum Gasteiger partial charge on any atom is -0.463 e. The molecule has 0 heterocycles. The van der Waals surface area contributed by atoms with E-state index in [-0.39, 0.29) is 43.4 Å². The molecule has 1 aliphatic carbocycles. The van der Waals surface area contributed by atoms with Crippen molar-refractivity contribution in [3.63, 3.8) is 0 Å². The average Bonchev–Trinajstić information content (AvgIpc) is 3.29. The van der Waals surface area contributed by atoms with E-state index in [0.29, 0.717) is 25.7 Å². The standard InChI is InChI=1S/C38H70O8/c1-4-5-15-21-31(39)25-26-34-33(35(41)27-36(34)42)22-17-13-14-19-24-38(44)46-29-32(40)28-45-37(43)23-18-12-10-8-6-7-9-11-16-20-30(2)3/h25-26,30-36,39-42H,4-24,27-29H2,1-3H3/b26-25+/t31-,32-,33+,34+,35-,36+/m0/s1. The lowest BCUT2D eigenvalue weighted by Crippen LogP contribution is -2.25. The minimum absolute atomic E-state index is 0.0290. The van der Waals surface area contributed by atoms with Gasteiger partial charge in [-0.3, -0.25) is 9.59 Å². The van der Waals surface area contributed by atoms with Gasteiger partial charge in [0.15, 0.2) is 0 Å². The first kappa shape index (κ1) is 42.5. The van der Waals surface area contributed by atoms with Crippen LogP contribution in [0.15, 0.2) is 12.2 Å². The number of aliphatic hydroxyl groups excluding tert-OH is 4. The van der Waals surface area contributed by atoms with Crippen LogP contribution in [0.25, 0.3) is 0 Å². The Kier molecular flexibility index (Phi) is 25.4. The zero-order valence-electron chi connectivity index (χ0n) is 29.6. The molecule has 0 aromatic heterocycles. The minimum atomic E-state index is -1.03. The second-order valence-electron chi connectivity index (χ2n) is 14.1. The fraction of sp³-hybridized carbons (Fsp3) is 0.895. The van der Waals surface area contributed by atoms with E-state index in [1.807, 2.05) is 6.08 Å². The number of rotatable bonds is 29. The number of esters is 2. The lowest BCUT2D eigenvalue weighted by molar-refractivity contribution is -0.152. The smallest absolute Gasteiger partial charge is 0.305 e. The van der Waals surface area contributed by atoms with Crippen LogP contribution in [0.4, 0.5) is 0 Å². The molecule has 8 nitrogen and oxygen atoms in total. The van der Waals surface area contributed by atoms with Gasteiger partial charge in [-0.25, -0.2) is 0 Å². The van der Waals surface area contributed by atoms with E-state index in [1.165, 1.54) is 44.9 Å². The molecule has 0 saturated heterocycles. The molecule has 4 N–H and O–H groups in total. The van der Waals surface area contributed by atoms with Gasteiger partial charge in [0.25, 0.3) is 0 Å². The third kappa shape index (κ3) is 22.2. The van der Waals surface area contributed by atoms with E-state index >= 15 is 0 Å². The molecule has 1 rings (SSSR count). The van der Waals surface area contributed by atoms with Gasteiger partial charge in [-0.15, -0.1) is 0 Å². The molecule has 0 radical (unpaired) electrons. The molecule has 8 heteroatoms. The van der Waals surface area contributed by atoms with Crippen LogP contribution in [0.5, 0.6) is 0 Å². The third-order valence-electron chi connectivity index (χ3n) is 9.28. The predicted molar refractivity (Wildman–Crippen MR) is 184 cm³/mol. The zero-order chi connectivity index (χ0) is 34.0. The first-order valence-corrected chi connectivity index (χ1v) is 18.9. The van der Waals surface area contributed by atoms with Crippen molar-refractivity contribution in [3.05, 3.63) is 12.2 Å². The van der Waals surface area contributed by atoms with Gasteiger partial charge in [-0.2, -0.15) is 0 Å². The molecule has 0 aromatic carbocycles. The quantitative estimate of drug-likeness (QED) is 0.0369. The Hall–Kier alpha value is -1.48. The summed E-state index contributed by atoms with van der Waals surface area (Å²) in [4.78, 5) is 24.0. The largest absolute Gasteiger partial charge is 0.463 e. The van der Waals surface area contributed by atoms with E-state index in [0.717, 1.165) is 70.1 Å². The van der Waals surface area contributed by atoms with Crippen molar-refractivity contribution in [3.8, 4) is 0 Å². The van der Waals surface area contributed by atoms with Crippen LogP contribution in [0.3, 0.4) is 0 Å². The number of hydrogen-bond acceptors (Lipinski definition) is 8. The van der Waals surface area contributed by atoms with Crippen LogP contribution in [-0.4, -0.2) is 70.0 Å². The van der Waals surface area contributed by atoms with Gasteiger partial charge >= 0.3 is 11.9 Å². The SMILES string of the molecule is CCCCC[C@H](O)/C=C/[C@@H]1[C@@H](CCCCCCC(=O)OC[C@@H](O)COC(=O)CCCCCCCCCCCC(C)C)[C@@H](O)C[C@H]1O. The average molecular weight is 655 g/mol. The summed E-state index contributed by atoms with van der Waals surface area (Å²) in [7, 11) is 0. The van der Waals surface area contributed by atoms with Crippen molar-refractivity contribution in [2.45, 2.75) is 186 Å². The van der Waals surface area contributed by atoms with Gasteiger partial charge in [0.05, 0.1) is 18.3 Å². The summed E-state index contributed by atoms with van der Waals surface area (Å²) in [5.74, 6) is -0.0722. The maximum Gasteiger partial charge on any atom is 0.305 e. The van der Waals surface area contributed by atoms with Crippen molar-refractivity contribution in [2.24, 2.45) is 17.8 Å². The molecule has 46 heavy (non-hydrogen) atoms. The first-order chi connectivity index (χ1) is 22.1. The highest BCUT2D eigenvalue weighted by atomic mass is 16.6. The molecule has 6 atom stereocenters. The summed E-state index contributed by atoms with van der Waals surface area (Å²) in [6.45, 7) is 6.33. The van der Waals surface area contributed by atoms with Gasteiger partial charge in [0, 0.05) is 25.2 Å². The van der Waals surface area contributed by atoms with Crippen molar-refractivity contribution >= 4 is 11.9 Å². The van der Waals surface area contributed by atoms with Crippen LogP contribution in [0.2, 0.25) is 0 Å². The summed E-state index contributed by atoms with van der Waals surface area (Å²) in [5, 5.41) is 41.1. The number of unbranched alkanes of at least 4 members (excludes halogenated alkanes) is 13. The molecule has 1 saturated carbocycles. The fourth-order valence-electron chi connectivity index (χ4n) is 6.37. The van der Waals surface area contributed by atoms with Crippen LogP contribution in [-0.2, 0) is 19.1 Å². The molecular weight excluding hydrogens is 584 g/mol. The lowest BCUT2D eigenvalue weighted by atomic mass is 9.88. The molecular formula is C38H70O8. The van der Waals surface area contributed by atoms with Gasteiger partial charge in [0.1, 0.15) is 19.3 Å². The van der Waals surface area contributed by atoms with Gasteiger partial charge < -0.3 is 29.9 Å². The second-order valence-corrected chi connectivity index (χ2v) is 14.1. The van der Waals surface area contributed by atoms with E-state index in [2.05, 4.69) is 20.8 Å². The number of carbonyl (C=O) groups excluding carboxylic acids is 2. The van der Waals surface area contributed by atoms with Crippen molar-refractivity contribution in [1.29, 1.82) is 0 Å². The molecule has 0 aromatic rings. The molecule has 1 fully saturated rings. The Balaban J connectivity index is 2.04. The molecule has 0 unspecified atom stereocenters. The second kappa shape index (κ2) is 27.5. The highest BCUT2D eigenvalue weighted by molar-refractivity contribution is 5.69. The highest BCUT2D eigenvalue weighted by Crippen LogP contribution is 2.37. The normalized spacial score (nSPS) is 21.2. The first-order valence-electron chi connectivity index (χ1n) is 18.9. The number of hydrogen-bond donors (Lipinski definition) is 4. The Morgan fingerprint density at radius 3 is 1.74 bits per heavy atom. The molecule has 0 aliphatic heterocycles. The Morgan fingerprint density at radius 1 is 0.696 bits per heavy atom. The van der Waals surface area contributed by atoms with Crippen LogP contribution in [0, 0.1) is 17.8 Å². The zero-order valence-corrected chi connectivity index (χ0v) is 29.6.